The number of hydrogen-bond donors (Lipinski definition) is 1. The highest BCUT2D eigenvalue weighted by Crippen LogP contribution is 2.31. The molecule has 0 atom stereocenters. The van der Waals surface area contributed by atoms with Gasteiger partial charge in [0.2, 0.25) is 0 Å². The predicted molar refractivity (Wildman–Crippen MR) is 113 cm³/mol. The van der Waals surface area contributed by atoms with Crippen molar-refractivity contribution in [3.8, 4) is 11.5 Å². The maximum Gasteiger partial charge on any atom is 0.251 e. The van der Waals surface area contributed by atoms with Crippen molar-refractivity contribution in [2.45, 2.75) is 19.3 Å². The first-order valence-corrected chi connectivity index (χ1v) is 9.78. The molecule has 0 spiro atoms. The van der Waals surface area contributed by atoms with Gasteiger partial charge in [0.25, 0.3) is 5.95 Å². The van der Waals surface area contributed by atoms with Crippen LogP contribution in [0.2, 0.25) is 0 Å². The maximum atomic E-state index is 5.37. The lowest BCUT2D eigenvalue weighted by atomic mass is 10.0. The second kappa shape index (κ2) is 8.77. The van der Waals surface area contributed by atoms with Crippen molar-refractivity contribution in [3.63, 3.8) is 0 Å². The lowest BCUT2D eigenvalue weighted by Gasteiger charge is -2.29. The molecule has 0 radical (unpaired) electrons. The van der Waals surface area contributed by atoms with E-state index in [0.717, 1.165) is 55.2 Å². The topological polar surface area (TPSA) is 72.4 Å². The molecule has 1 N–H and O–H groups in total. The van der Waals surface area contributed by atoms with Gasteiger partial charge in [-0.15, -0.1) is 5.10 Å². The molecule has 1 aliphatic heterocycles. The summed E-state index contributed by atoms with van der Waals surface area (Å²) < 4.78 is 10.7. The number of anilines is 3. The minimum Gasteiger partial charge on any atom is -0.493 e. The van der Waals surface area contributed by atoms with Crippen LogP contribution in [0.3, 0.4) is 0 Å². The Morgan fingerprint density at radius 3 is 2.79 bits per heavy atom. The number of methoxy groups -OCH3 is 2. The number of nitrogens with one attached hydrogen (secondary N) is 1. The quantitative estimate of drug-likeness (QED) is 0.659. The van der Waals surface area contributed by atoms with Gasteiger partial charge < -0.3 is 19.7 Å². The van der Waals surface area contributed by atoms with Gasteiger partial charge in [0.1, 0.15) is 0 Å². The average molecular weight is 391 g/mol. The van der Waals surface area contributed by atoms with Crippen LogP contribution >= 0.6 is 0 Å². The summed E-state index contributed by atoms with van der Waals surface area (Å²) in [6.07, 6.45) is 4.65. The zero-order chi connectivity index (χ0) is 20.1. The molecular formula is C22H25N5O2. The number of ether oxygens (including phenoxy) is 2. The lowest BCUT2D eigenvalue weighted by molar-refractivity contribution is 0.354. The summed E-state index contributed by atoms with van der Waals surface area (Å²) in [6, 6.07) is 14.4. The van der Waals surface area contributed by atoms with Crippen molar-refractivity contribution < 1.29 is 9.47 Å². The first-order chi connectivity index (χ1) is 14.3. The Morgan fingerprint density at radius 2 is 1.93 bits per heavy atom. The number of aromatic nitrogens is 3. The molecule has 0 aliphatic carbocycles. The molecule has 0 unspecified atom stereocenters. The van der Waals surface area contributed by atoms with E-state index in [4.69, 9.17) is 9.47 Å². The maximum absolute atomic E-state index is 5.37. The fraction of sp³-hybridized carbons (Fsp3) is 0.318. The van der Waals surface area contributed by atoms with E-state index in [2.05, 4.69) is 49.7 Å². The van der Waals surface area contributed by atoms with Crippen LogP contribution in [-0.4, -0.2) is 42.5 Å². The standard InChI is InChI=1S/C22H25N5O2/c1-28-19-10-9-16(14-20(19)29-2)11-12-23-21-15-24-26-22(25-21)27-13-5-7-17-6-3-4-8-18(17)27/h3-4,6,8-10,14-15H,5,7,11-13H2,1-2H3,(H,23,25,26). The molecule has 7 heteroatoms. The Hall–Kier alpha value is -3.35. The molecule has 0 bridgehead atoms. The monoisotopic (exact) mass is 391 g/mol. The second-order valence-electron chi connectivity index (χ2n) is 6.89. The van der Waals surface area contributed by atoms with Gasteiger partial charge in [-0.05, 0) is 48.6 Å². The minimum atomic E-state index is 0.633. The molecule has 0 amide bonds. The van der Waals surface area contributed by atoms with E-state index >= 15 is 0 Å². The van der Waals surface area contributed by atoms with Crippen LogP contribution < -0.4 is 19.7 Å². The van der Waals surface area contributed by atoms with Crippen molar-refractivity contribution in [2.24, 2.45) is 0 Å². The first-order valence-electron chi connectivity index (χ1n) is 9.78. The highest BCUT2D eigenvalue weighted by Gasteiger charge is 2.20. The predicted octanol–water partition coefficient (Wildman–Crippen LogP) is 3.63. The number of aryl methyl sites for hydroxylation is 1. The third kappa shape index (κ3) is 4.23. The molecule has 1 aromatic heterocycles. The van der Waals surface area contributed by atoms with Gasteiger partial charge in [0, 0.05) is 18.8 Å². The molecule has 150 valence electrons. The van der Waals surface area contributed by atoms with Crippen molar-refractivity contribution in [3.05, 3.63) is 59.8 Å². The summed E-state index contributed by atoms with van der Waals surface area (Å²) in [7, 11) is 3.28. The van der Waals surface area contributed by atoms with Gasteiger partial charge in [-0.2, -0.15) is 10.1 Å². The highest BCUT2D eigenvalue weighted by molar-refractivity contribution is 5.63. The Morgan fingerprint density at radius 1 is 1.07 bits per heavy atom. The summed E-state index contributed by atoms with van der Waals surface area (Å²) in [6.45, 7) is 1.62. The van der Waals surface area contributed by atoms with Crippen molar-refractivity contribution in [2.75, 3.05) is 37.5 Å². The van der Waals surface area contributed by atoms with E-state index < -0.39 is 0 Å². The summed E-state index contributed by atoms with van der Waals surface area (Å²) >= 11 is 0. The Kier molecular flexibility index (Phi) is 5.74. The van der Waals surface area contributed by atoms with Gasteiger partial charge in [0.05, 0.1) is 20.4 Å². The zero-order valence-corrected chi connectivity index (χ0v) is 16.8. The van der Waals surface area contributed by atoms with Gasteiger partial charge in [0.15, 0.2) is 17.3 Å². The smallest absolute Gasteiger partial charge is 0.251 e. The molecule has 3 aromatic rings. The largest absolute Gasteiger partial charge is 0.493 e. The Bertz CT molecular complexity index is 979. The molecule has 29 heavy (non-hydrogen) atoms. The number of benzene rings is 2. The fourth-order valence-electron chi connectivity index (χ4n) is 3.61. The Labute approximate surface area is 170 Å². The Balaban J connectivity index is 1.43. The average Bonchev–Trinajstić information content (AvgIpc) is 2.78. The normalized spacial score (nSPS) is 13.0. The molecule has 2 aromatic carbocycles. The number of rotatable bonds is 7. The van der Waals surface area contributed by atoms with Crippen LogP contribution in [0.5, 0.6) is 11.5 Å². The third-order valence-electron chi connectivity index (χ3n) is 5.07. The van der Waals surface area contributed by atoms with Crippen molar-refractivity contribution in [1.29, 1.82) is 0 Å². The summed E-state index contributed by atoms with van der Waals surface area (Å²) in [5.74, 6) is 2.82. The fourth-order valence-corrected chi connectivity index (χ4v) is 3.61. The van der Waals surface area contributed by atoms with E-state index in [1.165, 1.54) is 11.3 Å². The number of nitrogens with zero attached hydrogens (tertiary/aromatic N) is 4. The molecule has 7 nitrogen and oxygen atoms in total. The number of para-hydroxylation sites is 1. The third-order valence-corrected chi connectivity index (χ3v) is 5.07. The van der Waals surface area contributed by atoms with E-state index in [1.807, 2.05) is 18.2 Å². The van der Waals surface area contributed by atoms with Crippen LogP contribution in [-0.2, 0) is 12.8 Å². The van der Waals surface area contributed by atoms with Crippen LogP contribution in [0.4, 0.5) is 17.5 Å². The van der Waals surface area contributed by atoms with E-state index in [-0.39, 0.29) is 0 Å². The van der Waals surface area contributed by atoms with Gasteiger partial charge in [-0.1, -0.05) is 24.3 Å². The van der Waals surface area contributed by atoms with Crippen LogP contribution in [0, 0.1) is 0 Å². The first kappa shape index (κ1) is 19.0. The van der Waals surface area contributed by atoms with Crippen molar-refractivity contribution >= 4 is 17.5 Å². The highest BCUT2D eigenvalue weighted by atomic mass is 16.5. The molecule has 4 rings (SSSR count). The molecule has 0 fully saturated rings. The van der Waals surface area contributed by atoms with E-state index in [1.54, 1.807) is 20.4 Å². The SMILES string of the molecule is COc1ccc(CCNc2cnnc(N3CCCc4ccccc43)n2)cc1OC. The van der Waals surface area contributed by atoms with Gasteiger partial charge >= 0.3 is 0 Å². The summed E-state index contributed by atoms with van der Waals surface area (Å²) in [5, 5.41) is 11.8. The zero-order valence-electron chi connectivity index (χ0n) is 16.8. The van der Waals surface area contributed by atoms with Gasteiger partial charge in [-0.3, -0.25) is 0 Å². The van der Waals surface area contributed by atoms with Crippen molar-refractivity contribution in [1.82, 2.24) is 15.2 Å². The van der Waals surface area contributed by atoms with Crippen LogP contribution in [0.15, 0.2) is 48.7 Å². The second-order valence-corrected chi connectivity index (χ2v) is 6.89. The minimum absolute atomic E-state index is 0.633. The number of hydrogen-bond acceptors (Lipinski definition) is 7. The molecule has 2 heterocycles. The lowest BCUT2D eigenvalue weighted by Crippen LogP contribution is -2.26. The van der Waals surface area contributed by atoms with Gasteiger partial charge in [-0.25, -0.2) is 0 Å². The van der Waals surface area contributed by atoms with E-state index in [0.29, 0.717) is 5.95 Å². The summed E-state index contributed by atoms with van der Waals surface area (Å²) in [5.41, 5.74) is 3.65. The molecular weight excluding hydrogens is 366 g/mol. The van der Waals surface area contributed by atoms with Crippen LogP contribution in [0.1, 0.15) is 17.5 Å². The van der Waals surface area contributed by atoms with E-state index in [9.17, 15) is 0 Å². The molecule has 1 aliphatic rings. The molecule has 0 saturated carbocycles. The number of fused-ring (bicyclic) bond motifs is 1. The molecule has 0 saturated heterocycles. The van der Waals surface area contributed by atoms with Crippen LogP contribution in [0.25, 0.3) is 0 Å². The summed E-state index contributed by atoms with van der Waals surface area (Å²) in [4.78, 5) is 6.83.